The summed E-state index contributed by atoms with van der Waals surface area (Å²) in [6.45, 7) is 0. The fourth-order valence-corrected chi connectivity index (χ4v) is 3.34. The molecule has 120 valence electrons. The number of benzene rings is 2. The Labute approximate surface area is 143 Å². The molecular formula is C18H17N5S. The molecule has 0 radical (unpaired) electrons. The predicted molar refractivity (Wildman–Crippen MR) is 102 cm³/mol. The van der Waals surface area contributed by atoms with Gasteiger partial charge < -0.3 is 11.1 Å². The molecule has 0 atom stereocenters. The van der Waals surface area contributed by atoms with Crippen LogP contribution in [0.3, 0.4) is 0 Å². The van der Waals surface area contributed by atoms with Crippen molar-refractivity contribution < 1.29 is 0 Å². The van der Waals surface area contributed by atoms with Crippen molar-refractivity contribution in [3.8, 4) is 0 Å². The summed E-state index contributed by atoms with van der Waals surface area (Å²) in [6.07, 6.45) is 2.06. The average Bonchev–Trinajstić information content (AvgIpc) is 2.91. The van der Waals surface area contributed by atoms with Crippen molar-refractivity contribution in [2.75, 3.05) is 17.3 Å². The van der Waals surface area contributed by atoms with Gasteiger partial charge in [0.2, 0.25) is 0 Å². The predicted octanol–water partition coefficient (Wildman–Crippen LogP) is 4.17. The first kappa shape index (κ1) is 14.8. The zero-order chi connectivity index (χ0) is 16.7. The van der Waals surface area contributed by atoms with E-state index in [0.29, 0.717) is 5.82 Å². The summed E-state index contributed by atoms with van der Waals surface area (Å²) in [4.78, 5) is 5.99. The van der Waals surface area contributed by atoms with E-state index < -0.39 is 0 Å². The van der Waals surface area contributed by atoms with Crippen molar-refractivity contribution >= 4 is 50.9 Å². The van der Waals surface area contributed by atoms with E-state index in [9.17, 15) is 0 Å². The Morgan fingerprint density at radius 2 is 1.83 bits per heavy atom. The lowest BCUT2D eigenvalue weighted by Gasteiger charge is -2.10. The van der Waals surface area contributed by atoms with Gasteiger partial charge in [0.25, 0.3) is 0 Å². The van der Waals surface area contributed by atoms with Crippen molar-refractivity contribution in [3.63, 3.8) is 0 Å². The SMILES string of the molecule is CSc1ccc(Nc2nc3ccccc3c3c2c(N)nn3C)cc1. The maximum Gasteiger partial charge on any atom is 0.157 e. The molecule has 3 N–H and O–H groups in total. The summed E-state index contributed by atoms with van der Waals surface area (Å²) in [5.41, 5.74) is 9.03. The third-order valence-corrected chi connectivity index (χ3v) is 4.80. The molecule has 0 spiro atoms. The first-order chi connectivity index (χ1) is 11.7. The van der Waals surface area contributed by atoms with Crippen molar-refractivity contribution in [2.45, 2.75) is 4.90 Å². The molecule has 0 aliphatic heterocycles. The van der Waals surface area contributed by atoms with Gasteiger partial charge in [0.1, 0.15) is 5.82 Å². The molecule has 0 fully saturated rings. The van der Waals surface area contributed by atoms with Gasteiger partial charge in [-0.05, 0) is 36.6 Å². The van der Waals surface area contributed by atoms with Crippen LogP contribution in [0.4, 0.5) is 17.3 Å². The molecule has 24 heavy (non-hydrogen) atoms. The van der Waals surface area contributed by atoms with Crippen LogP contribution in [0.25, 0.3) is 21.8 Å². The number of thioether (sulfide) groups is 1. The number of hydrogen-bond acceptors (Lipinski definition) is 5. The number of fused-ring (bicyclic) bond motifs is 3. The number of nitrogens with two attached hydrogens (primary N) is 1. The highest BCUT2D eigenvalue weighted by molar-refractivity contribution is 7.98. The molecule has 2 aromatic heterocycles. The van der Waals surface area contributed by atoms with Gasteiger partial charge in [-0.3, -0.25) is 4.68 Å². The Morgan fingerprint density at radius 3 is 2.58 bits per heavy atom. The lowest BCUT2D eigenvalue weighted by molar-refractivity contribution is 0.804. The third-order valence-electron chi connectivity index (χ3n) is 4.06. The van der Waals surface area contributed by atoms with Crippen LogP contribution < -0.4 is 11.1 Å². The number of aryl methyl sites for hydroxylation is 1. The van der Waals surface area contributed by atoms with E-state index in [4.69, 9.17) is 10.7 Å². The molecule has 0 aliphatic carbocycles. The standard InChI is InChI=1S/C18H17N5S/c1-23-16-13-5-3-4-6-14(13)21-18(15(16)17(19)22-23)20-11-7-9-12(24-2)10-8-11/h3-10H,1-2H3,(H2,19,22)(H,20,21). The first-order valence-electron chi connectivity index (χ1n) is 7.59. The molecule has 6 heteroatoms. The minimum Gasteiger partial charge on any atom is -0.382 e. The quantitative estimate of drug-likeness (QED) is 0.550. The Balaban J connectivity index is 1.92. The van der Waals surface area contributed by atoms with Crippen molar-refractivity contribution in [1.29, 1.82) is 0 Å². The normalized spacial score (nSPS) is 11.2. The summed E-state index contributed by atoms with van der Waals surface area (Å²) in [6, 6.07) is 16.3. The molecule has 0 bridgehead atoms. The number of nitrogens with zero attached hydrogens (tertiary/aromatic N) is 3. The van der Waals surface area contributed by atoms with Gasteiger partial charge in [-0.1, -0.05) is 18.2 Å². The number of aromatic nitrogens is 3. The fourth-order valence-electron chi connectivity index (χ4n) is 2.94. The second kappa shape index (κ2) is 5.72. The van der Waals surface area contributed by atoms with Crippen molar-refractivity contribution in [2.24, 2.45) is 7.05 Å². The molecule has 0 amide bonds. The molecular weight excluding hydrogens is 318 g/mol. The highest BCUT2D eigenvalue weighted by Gasteiger charge is 2.16. The van der Waals surface area contributed by atoms with E-state index in [0.717, 1.165) is 33.3 Å². The number of anilines is 3. The zero-order valence-electron chi connectivity index (χ0n) is 13.4. The summed E-state index contributed by atoms with van der Waals surface area (Å²) >= 11 is 1.72. The van der Waals surface area contributed by atoms with Crippen LogP contribution >= 0.6 is 11.8 Å². The summed E-state index contributed by atoms with van der Waals surface area (Å²) in [5.74, 6) is 1.21. The van der Waals surface area contributed by atoms with E-state index in [1.165, 1.54) is 4.90 Å². The van der Waals surface area contributed by atoms with Gasteiger partial charge in [0.15, 0.2) is 5.82 Å². The molecule has 0 aliphatic rings. The Bertz CT molecular complexity index is 1040. The van der Waals surface area contributed by atoms with Gasteiger partial charge in [0, 0.05) is 23.0 Å². The summed E-state index contributed by atoms with van der Waals surface area (Å²) in [5, 5.41) is 9.67. The second-order valence-corrected chi connectivity index (χ2v) is 6.44. The maximum atomic E-state index is 6.15. The molecule has 0 unspecified atom stereocenters. The van der Waals surface area contributed by atoms with Crippen LogP contribution in [0.2, 0.25) is 0 Å². The third kappa shape index (κ3) is 2.35. The average molecular weight is 335 g/mol. The van der Waals surface area contributed by atoms with E-state index in [-0.39, 0.29) is 0 Å². The number of nitrogens with one attached hydrogen (secondary N) is 1. The topological polar surface area (TPSA) is 68.8 Å². The van der Waals surface area contributed by atoms with E-state index in [1.807, 2.05) is 48.1 Å². The summed E-state index contributed by atoms with van der Waals surface area (Å²) in [7, 11) is 1.90. The van der Waals surface area contributed by atoms with Gasteiger partial charge in [-0.2, -0.15) is 5.10 Å². The number of hydrogen-bond donors (Lipinski definition) is 2. The number of para-hydroxylation sites is 1. The highest BCUT2D eigenvalue weighted by atomic mass is 32.2. The molecule has 5 nitrogen and oxygen atoms in total. The van der Waals surface area contributed by atoms with Gasteiger partial charge in [-0.15, -0.1) is 11.8 Å². The maximum absolute atomic E-state index is 6.15. The number of nitrogen functional groups attached to an aromatic ring is 1. The smallest absolute Gasteiger partial charge is 0.157 e. The van der Waals surface area contributed by atoms with E-state index >= 15 is 0 Å². The molecule has 0 saturated heterocycles. The van der Waals surface area contributed by atoms with Crippen molar-refractivity contribution in [1.82, 2.24) is 14.8 Å². The highest BCUT2D eigenvalue weighted by Crippen LogP contribution is 2.34. The van der Waals surface area contributed by atoms with Crippen LogP contribution in [0.15, 0.2) is 53.4 Å². The van der Waals surface area contributed by atoms with Crippen LogP contribution in [0.1, 0.15) is 0 Å². The lowest BCUT2D eigenvalue weighted by Crippen LogP contribution is -1.97. The van der Waals surface area contributed by atoms with E-state index in [2.05, 4.69) is 28.8 Å². The van der Waals surface area contributed by atoms with Crippen LogP contribution in [0, 0.1) is 0 Å². The fraction of sp³-hybridized carbons (Fsp3) is 0.111. The second-order valence-electron chi connectivity index (χ2n) is 5.56. The minimum absolute atomic E-state index is 0.481. The monoisotopic (exact) mass is 335 g/mol. The Morgan fingerprint density at radius 1 is 1.08 bits per heavy atom. The molecule has 4 rings (SSSR count). The van der Waals surface area contributed by atoms with Crippen LogP contribution in [-0.2, 0) is 7.05 Å². The minimum atomic E-state index is 0.481. The van der Waals surface area contributed by atoms with Gasteiger partial charge >= 0.3 is 0 Å². The number of pyridine rings is 1. The molecule has 2 heterocycles. The van der Waals surface area contributed by atoms with Gasteiger partial charge in [0.05, 0.1) is 16.4 Å². The molecule has 2 aromatic carbocycles. The summed E-state index contributed by atoms with van der Waals surface area (Å²) < 4.78 is 1.82. The Kier molecular flexibility index (Phi) is 3.54. The number of rotatable bonds is 3. The first-order valence-corrected chi connectivity index (χ1v) is 8.82. The molecule has 4 aromatic rings. The van der Waals surface area contributed by atoms with E-state index in [1.54, 1.807) is 11.8 Å². The van der Waals surface area contributed by atoms with Crippen LogP contribution in [0.5, 0.6) is 0 Å². The Hall–Kier alpha value is -2.73. The molecule has 0 saturated carbocycles. The zero-order valence-corrected chi connectivity index (χ0v) is 14.3. The van der Waals surface area contributed by atoms with Crippen LogP contribution in [-0.4, -0.2) is 21.0 Å². The largest absolute Gasteiger partial charge is 0.382 e. The van der Waals surface area contributed by atoms with Crippen molar-refractivity contribution in [3.05, 3.63) is 48.5 Å². The lowest BCUT2D eigenvalue weighted by atomic mass is 10.1. The van der Waals surface area contributed by atoms with Gasteiger partial charge in [-0.25, -0.2) is 4.98 Å².